The van der Waals surface area contributed by atoms with Crippen LogP contribution >= 0.6 is 0 Å². The van der Waals surface area contributed by atoms with Gasteiger partial charge in [-0.05, 0) is 25.5 Å². The Morgan fingerprint density at radius 3 is 2.72 bits per heavy atom. The molecule has 0 spiro atoms. The highest BCUT2D eigenvalue weighted by molar-refractivity contribution is 5.84. The van der Waals surface area contributed by atoms with Crippen LogP contribution in [0.4, 0.5) is 11.6 Å². The molecule has 0 radical (unpaired) electrons. The predicted molar refractivity (Wildman–Crippen MR) is 119 cm³/mol. The summed E-state index contributed by atoms with van der Waals surface area (Å²) in [5.74, 6) is 2.74. The molecule has 5 heterocycles. The van der Waals surface area contributed by atoms with Gasteiger partial charge in [0, 0.05) is 50.0 Å². The molecular formula is C21H22N10O. The Balaban J connectivity index is 1.70. The van der Waals surface area contributed by atoms with Gasteiger partial charge in [-0.2, -0.15) is 5.10 Å². The maximum atomic E-state index is 5.22. The number of anilines is 2. The molecule has 0 fully saturated rings. The van der Waals surface area contributed by atoms with E-state index in [2.05, 4.69) is 32.3 Å². The number of methoxy groups -OCH3 is 1. The zero-order valence-corrected chi connectivity index (χ0v) is 18.2. The maximum Gasteiger partial charge on any atom is 0.218 e. The number of hydrogen-bond acceptors (Lipinski definition) is 8. The van der Waals surface area contributed by atoms with Crippen molar-refractivity contribution in [1.29, 1.82) is 0 Å². The van der Waals surface area contributed by atoms with Crippen molar-refractivity contribution in [3.63, 3.8) is 0 Å². The molecule has 162 valence electrons. The first-order valence-electron chi connectivity index (χ1n) is 10.1. The first-order valence-corrected chi connectivity index (χ1v) is 10.1. The molecule has 0 saturated carbocycles. The Morgan fingerprint density at radius 2 is 2.00 bits per heavy atom. The SMILES string of the molecule is CCn1ccc(-c2cn3nc(-c4nccn4C)nc(Nc4cc(OC)ncn4)c3c2C)n1. The highest BCUT2D eigenvalue weighted by atomic mass is 16.5. The standard InChI is InChI=1S/C21H22N10O/c1-5-30-8-6-15(27-30)14-11-31-18(13(14)2)19(25-16-10-17(32-4)24-12-23-16)26-20(28-31)21-22-7-9-29(21)3/h6-12H,5H2,1-4H3,(H,23,24,25,26,28). The molecule has 5 rings (SSSR count). The van der Waals surface area contributed by atoms with E-state index in [1.54, 1.807) is 19.4 Å². The summed E-state index contributed by atoms with van der Waals surface area (Å²) in [5, 5.41) is 12.7. The molecule has 5 aromatic heterocycles. The first-order chi connectivity index (χ1) is 15.6. The number of hydrogen-bond donors (Lipinski definition) is 1. The molecule has 32 heavy (non-hydrogen) atoms. The van der Waals surface area contributed by atoms with Gasteiger partial charge in [0.2, 0.25) is 11.7 Å². The Hall–Kier alpha value is -4.28. The van der Waals surface area contributed by atoms with Gasteiger partial charge in [-0.15, -0.1) is 5.10 Å². The molecule has 0 aromatic carbocycles. The van der Waals surface area contributed by atoms with E-state index in [0.717, 1.165) is 28.9 Å². The normalized spacial score (nSPS) is 11.2. The van der Waals surface area contributed by atoms with Gasteiger partial charge < -0.3 is 14.6 Å². The molecular weight excluding hydrogens is 408 g/mol. The largest absolute Gasteiger partial charge is 0.481 e. The molecule has 5 aromatic rings. The highest BCUT2D eigenvalue weighted by Gasteiger charge is 2.20. The van der Waals surface area contributed by atoms with E-state index < -0.39 is 0 Å². The van der Waals surface area contributed by atoms with Crippen molar-refractivity contribution in [1.82, 2.24) is 43.9 Å². The summed E-state index contributed by atoms with van der Waals surface area (Å²) in [7, 11) is 3.47. The number of nitrogens with zero attached hydrogens (tertiary/aromatic N) is 9. The van der Waals surface area contributed by atoms with Gasteiger partial charge in [-0.1, -0.05) is 0 Å². The minimum absolute atomic E-state index is 0.454. The van der Waals surface area contributed by atoms with Crippen LogP contribution in [0.1, 0.15) is 12.5 Å². The van der Waals surface area contributed by atoms with Crippen molar-refractivity contribution >= 4 is 17.2 Å². The molecule has 0 atom stereocenters. The smallest absolute Gasteiger partial charge is 0.218 e. The van der Waals surface area contributed by atoms with Gasteiger partial charge in [-0.3, -0.25) is 4.68 Å². The lowest BCUT2D eigenvalue weighted by molar-refractivity contribution is 0.397. The van der Waals surface area contributed by atoms with E-state index in [1.165, 1.54) is 6.33 Å². The molecule has 0 aliphatic heterocycles. The van der Waals surface area contributed by atoms with E-state index in [1.807, 2.05) is 52.4 Å². The monoisotopic (exact) mass is 430 g/mol. The molecule has 1 N–H and O–H groups in total. The van der Waals surface area contributed by atoms with Crippen LogP contribution in [0, 0.1) is 6.92 Å². The van der Waals surface area contributed by atoms with Crippen molar-refractivity contribution in [2.75, 3.05) is 12.4 Å². The van der Waals surface area contributed by atoms with E-state index >= 15 is 0 Å². The molecule has 0 aliphatic carbocycles. The third-order valence-electron chi connectivity index (χ3n) is 5.24. The molecule has 0 aliphatic rings. The fourth-order valence-electron chi connectivity index (χ4n) is 3.57. The molecule has 0 bridgehead atoms. The Kier molecular flexibility index (Phi) is 4.77. The van der Waals surface area contributed by atoms with E-state index in [0.29, 0.717) is 29.2 Å². The highest BCUT2D eigenvalue weighted by Crippen LogP contribution is 2.32. The molecule has 11 nitrogen and oxygen atoms in total. The number of aromatic nitrogens is 9. The van der Waals surface area contributed by atoms with Crippen LogP contribution in [0.3, 0.4) is 0 Å². The summed E-state index contributed by atoms with van der Waals surface area (Å²) in [5.41, 5.74) is 3.68. The van der Waals surface area contributed by atoms with Crippen LogP contribution < -0.4 is 10.1 Å². The van der Waals surface area contributed by atoms with Gasteiger partial charge in [0.25, 0.3) is 0 Å². The average Bonchev–Trinajstić information content (AvgIpc) is 3.52. The second-order valence-corrected chi connectivity index (χ2v) is 7.23. The zero-order chi connectivity index (χ0) is 22.2. The fourth-order valence-corrected chi connectivity index (χ4v) is 3.57. The van der Waals surface area contributed by atoms with Crippen molar-refractivity contribution < 1.29 is 4.74 Å². The molecule has 0 saturated heterocycles. The lowest BCUT2D eigenvalue weighted by Gasteiger charge is -2.10. The number of nitrogens with one attached hydrogen (secondary N) is 1. The van der Waals surface area contributed by atoms with Gasteiger partial charge in [0.15, 0.2) is 11.6 Å². The summed E-state index contributed by atoms with van der Waals surface area (Å²) >= 11 is 0. The summed E-state index contributed by atoms with van der Waals surface area (Å²) in [4.78, 5) is 17.6. The first kappa shape index (κ1) is 19.7. The van der Waals surface area contributed by atoms with Gasteiger partial charge >= 0.3 is 0 Å². The maximum absolute atomic E-state index is 5.22. The van der Waals surface area contributed by atoms with Gasteiger partial charge in [0.1, 0.15) is 17.7 Å². The number of rotatable bonds is 6. The molecule has 0 amide bonds. The molecule has 11 heteroatoms. The molecule has 0 unspecified atom stereocenters. The van der Waals surface area contributed by atoms with Crippen molar-refractivity contribution in [2.45, 2.75) is 20.4 Å². The second-order valence-electron chi connectivity index (χ2n) is 7.23. The third kappa shape index (κ3) is 3.33. The van der Waals surface area contributed by atoms with Crippen LogP contribution in [-0.4, -0.2) is 51.0 Å². The lowest BCUT2D eigenvalue weighted by atomic mass is 10.1. The third-order valence-corrected chi connectivity index (χ3v) is 5.24. The summed E-state index contributed by atoms with van der Waals surface area (Å²) < 4.78 is 10.8. The van der Waals surface area contributed by atoms with E-state index in [-0.39, 0.29) is 0 Å². The van der Waals surface area contributed by atoms with Crippen LogP contribution in [0.25, 0.3) is 28.4 Å². The minimum Gasteiger partial charge on any atom is -0.481 e. The number of imidazole rings is 1. The lowest BCUT2D eigenvalue weighted by Crippen LogP contribution is -2.07. The topological polar surface area (TPSA) is 113 Å². The predicted octanol–water partition coefficient (Wildman–Crippen LogP) is 2.86. The minimum atomic E-state index is 0.454. The second kappa shape index (κ2) is 7.76. The van der Waals surface area contributed by atoms with Crippen molar-refractivity contribution in [3.05, 3.63) is 48.8 Å². The van der Waals surface area contributed by atoms with Crippen LogP contribution in [0.15, 0.2) is 43.2 Å². The number of ether oxygens (including phenoxy) is 1. The summed E-state index contributed by atoms with van der Waals surface area (Å²) in [6.45, 7) is 4.89. The van der Waals surface area contributed by atoms with Crippen LogP contribution in [-0.2, 0) is 13.6 Å². The Morgan fingerprint density at radius 1 is 1.12 bits per heavy atom. The van der Waals surface area contributed by atoms with Gasteiger partial charge in [-0.25, -0.2) is 24.5 Å². The van der Waals surface area contributed by atoms with Crippen LogP contribution in [0.2, 0.25) is 0 Å². The summed E-state index contributed by atoms with van der Waals surface area (Å²) in [6, 6.07) is 3.71. The Bertz CT molecular complexity index is 1410. The van der Waals surface area contributed by atoms with Crippen molar-refractivity contribution in [3.8, 4) is 28.8 Å². The number of aryl methyl sites for hydroxylation is 3. The van der Waals surface area contributed by atoms with Gasteiger partial charge in [0.05, 0.1) is 12.8 Å². The zero-order valence-electron chi connectivity index (χ0n) is 18.2. The fraction of sp³-hybridized carbons (Fsp3) is 0.238. The van der Waals surface area contributed by atoms with E-state index in [4.69, 9.17) is 14.8 Å². The average molecular weight is 430 g/mol. The summed E-state index contributed by atoms with van der Waals surface area (Å²) in [6.07, 6.45) is 8.94. The van der Waals surface area contributed by atoms with Crippen LogP contribution in [0.5, 0.6) is 5.88 Å². The van der Waals surface area contributed by atoms with E-state index in [9.17, 15) is 0 Å². The Labute approximate surface area is 183 Å². The number of fused-ring (bicyclic) bond motifs is 1. The van der Waals surface area contributed by atoms with Crippen molar-refractivity contribution in [2.24, 2.45) is 7.05 Å². The quantitative estimate of drug-likeness (QED) is 0.438.